The van der Waals surface area contributed by atoms with Crippen molar-refractivity contribution in [1.82, 2.24) is 10.3 Å². The molecule has 1 atom stereocenters. The van der Waals surface area contributed by atoms with Crippen molar-refractivity contribution in [3.63, 3.8) is 0 Å². The predicted octanol–water partition coefficient (Wildman–Crippen LogP) is 1.09. The van der Waals surface area contributed by atoms with Gasteiger partial charge >= 0.3 is 12.0 Å². The number of carbonyl (C=O) groups is 2. The van der Waals surface area contributed by atoms with Gasteiger partial charge in [0.05, 0.1) is 31.0 Å². The Morgan fingerprint density at radius 2 is 2.19 bits per heavy atom. The number of carboxylic acids is 1. The summed E-state index contributed by atoms with van der Waals surface area (Å²) in [5, 5.41) is 13.8. The minimum atomic E-state index is -0.986. The third kappa shape index (κ3) is 6.57. The molecule has 8 heteroatoms. The van der Waals surface area contributed by atoms with Crippen LogP contribution in [0.3, 0.4) is 0 Å². The molecule has 0 aromatic carbocycles. The molecular formula is C13H19N3O5. The number of amides is 2. The van der Waals surface area contributed by atoms with Gasteiger partial charge in [0.15, 0.2) is 0 Å². The van der Waals surface area contributed by atoms with Gasteiger partial charge in [-0.3, -0.25) is 4.79 Å². The monoisotopic (exact) mass is 297 g/mol. The van der Waals surface area contributed by atoms with Gasteiger partial charge in [-0.15, -0.1) is 0 Å². The van der Waals surface area contributed by atoms with Crippen LogP contribution in [0.4, 0.5) is 10.5 Å². The fourth-order valence-corrected chi connectivity index (χ4v) is 1.50. The minimum absolute atomic E-state index is 0.0963. The van der Waals surface area contributed by atoms with E-state index in [2.05, 4.69) is 15.6 Å². The van der Waals surface area contributed by atoms with Gasteiger partial charge in [0.2, 0.25) is 5.88 Å². The Kier molecular flexibility index (Phi) is 6.96. The highest BCUT2D eigenvalue weighted by molar-refractivity contribution is 5.89. The van der Waals surface area contributed by atoms with E-state index >= 15 is 0 Å². The zero-order valence-electron chi connectivity index (χ0n) is 12.0. The summed E-state index contributed by atoms with van der Waals surface area (Å²) in [7, 11) is 1.39. The van der Waals surface area contributed by atoms with E-state index in [9.17, 15) is 9.59 Å². The number of methoxy groups -OCH3 is 1. The van der Waals surface area contributed by atoms with Crippen LogP contribution in [0.25, 0.3) is 0 Å². The maximum absolute atomic E-state index is 11.6. The number of carboxylic acid groups (broad SMARTS) is 1. The predicted molar refractivity (Wildman–Crippen MR) is 75.5 cm³/mol. The number of aliphatic carboxylic acids is 1. The third-order valence-electron chi connectivity index (χ3n) is 2.51. The second-order valence-electron chi connectivity index (χ2n) is 4.11. The van der Waals surface area contributed by atoms with Crippen molar-refractivity contribution in [3.05, 3.63) is 18.3 Å². The van der Waals surface area contributed by atoms with E-state index < -0.39 is 18.1 Å². The molecule has 0 spiro atoms. The first-order valence-electron chi connectivity index (χ1n) is 6.43. The van der Waals surface area contributed by atoms with Crippen molar-refractivity contribution in [2.45, 2.75) is 19.4 Å². The number of hydrogen-bond donors (Lipinski definition) is 3. The maximum Gasteiger partial charge on any atom is 0.319 e. The standard InChI is InChI=1S/C13H19N3O5/c1-3-21-11-5-4-9(7-14-11)16-13(19)15-8-10(20-2)6-12(17)18/h4-5,7,10H,3,6,8H2,1-2H3,(H,17,18)(H2,15,16,19). The Morgan fingerprint density at radius 3 is 2.71 bits per heavy atom. The molecule has 0 aliphatic rings. The lowest BCUT2D eigenvalue weighted by Gasteiger charge is -2.14. The molecule has 21 heavy (non-hydrogen) atoms. The first kappa shape index (κ1) is 16.7. The fourth-order valence-electron chi connectivity index (χ4n) is 1.50. The van der Waals surface area contributed by atoms with Crippen molar-refractivity contribution in [2.75, 3.05) is 25.6 Å². The van der Waals surface area contributed by atoms with E-state index in [0.29, 0.717) is 18.2 Å². The Labute approximate surface area is 122 Å². The third-order valence-corrected chi connectivity index (χ3v) is 2.51. The summed E-state index contributed by atoms with van der Waals surface area (Å²) in [6.07, 6.45) is 0.712. The molecule has 1 heterocycles. The van der Waals surface area contributed by atoms with Crippen molar-refractivity contribution >= 4 is 17.7 Å². The van der Waals surface area contributed by atoms with Crippen LogP contribution in [0.1, 0.15) is 13.3 Å². The number of ether oxygens (including phenoxy) is 2. The van der Waals surface area contributed by atoms with Gasteiger partial charge in [0.1, 0.15) is 0 Å². The number of hydrogen-bond acceptors (Lipinski definition) is 5. The van der Waals surface area contributed by atoms with E-state index in [0.717, 1.165) is 0 Å². The first-order chi connectivity index (χ1) is 10.0. The second kappa shape index (κ2) is 8.75. The summed E-state index contributed by atoms with van der Waals surface area (Å²) in [5.41, 5.74) is 0.503. The minimum Gasteiger partial charge on any atom is -0.481 e. The topological polar surface area (TPSA) is 110 Å². The van der Waals surface area contributed by atoms with Gasteiger partial charge in [-0.25, -0.2) is 9.78 Å². The van der Waals surface area contributed by atoms with Gasteiger partial charge in [-0.2, -0.15) is 0 Å². The lowest BCUT2D eigenvalue weighted by atomic mass is 10.2. The number of pyridine rings is 1. The average molecular weight is 297 g/mol. The summed E-state index contributed by atoms with van der Waals surface area (Å²) in [4.78, 5) is 26.2. The maximum atomic E-state index is 11.6. The highest BCUT2D eigenvalue weighted by Crippen LogP contribution is 2.11. The number of urea groups is 1. The molecule has 0 saturated carbocycles. The van der Waals surface area contributed by atoms with E-state index in [1.807, 2.05) is 6.92 Å². The summed E-state index contributed by atoms with van der Waals surface area (Å²) >= 11 is 0. The summed E-state index contributed by atoms with van der Waals surface area (Å²) in [6.45, 7) is 2.46. The zero-order chi connectivity index (χ0) is 15.7. The van der Waals surface area contributed by atoms with Crippen LogP contribution in [-0.2, 0) is 9.53 Å². The van der Waals surface area contributed by atoms with Crippen molar-refractivity contribution in [2.24, 2.45) is 0 Å². The van der Waals surface area contributed by atoms with Crippen LogP contribution in [0.2, 0.25) is 0 Å². The van der Waals surface area contributed by atoms with Crippen molar-refractivity contribution < 1.29 is 24.2 Å². The number of carbonyl (C=O) groups excluding carboxylic acids is 1. The SMILES string of the molecule is CCOc1ccc(NC(=O)NCC(CC(=O)O)OC)cn1. The summed E-state index contributed by atoms with van der Waals surface area (Å²) in [5.74, 6) is -0.510. The van der Waals surface area contributed by atoms with E-state index in [-0.39, 0.29) is 13.0 Å². The first-order valence-corrected chi connectivity index (χ1v) is 6.43. The van der Waals surface area contributed by atoms with Crippen LogP contribution in [-0.4, -0.2) is 48.5 Å². The lowest BCUT2D eigenvalue weighted by Crippen LogP contribution is -2.37. The molecule has 0 aliphatic carbocycles. The van der Waals surface area contributed by atoms with Gasteiger partial charge in [0, 0.05) is 19.7 Å². The van der Waals surface area contributed by atoms with Crippen LogP contribution in [0, 0.1) is 0 Å². The molecule has 0 saturated heterocycles. The van der Waals surface area contributed by atoms with E-state index in [1.165, 1.54) is 13.3 Å². The largest absolute Gasteiger partial charge is 0.481 e. The molecule has 2 amide bonds. The summed E-state index contributed by atoms with van der Waals surface area (Å²) < 4.78 is 10.1. The molecule has 0 aliphatic heterocycles. The average Bonchev–Trinajstić information content (AvgIpc) is 2.45. The second-order valence-corrected chi connectivity index (χ2v) is 4.11. The molecule has 0 radical (unpaired) electrons. The van der Waals surface area contributed by atoms with Crippen LogP contribution >= 0.6 is 0 Å². The lowest BCUT2D eigenvalue weighted by molar-refractivity contribution is -0.139. The van der Waals surface area contributed by atoms with Gasteiger partial charge in [-0.1, -0.05) is 0 Å². The smallest absolute Gasteiger partial charge is 0.319 e. The fraction of sp³-hybridized carbons (Fsp3) is 0.462. The quantitative estimate of drug-likeness (QED) is 0.662. The van der Waals surface area contributed by atoms with Gasteiger partial charge < -0.3 is 25.2 Å². The van der Waals surface area contributed by atoms with Crippen LogP contribution in [0.5, 0.6) is 5.88 Å². The molecule has 1 aromatic rings. The Hall–Kier alpha value is -2.35. The van der Waals surface area contributed by atoms with Gasteiger partial charge in [-0.05, 0) is 13.0 Å². The van der Waals surface area contributed by atoms with Crippen molar-refractivity contribution in [1.29, 1.82) is 0 Å². The Balaban J connectivity index is 2.40. The molecule has 116 valence electrons. The molecule has 1 aromatic heterocycles. The molecule has 0 bridgehead atoms. The van der Waals surface area contributed by atoms with Crippen LogP contribution < -0.4 is 15.4 Å². The molecule has 8 nitrogen and oxygen atoms in total. The van der Waals surface area contributed by atoms with Gasteiger partial charge in [0.25, 0.3) is 0 Å². The van der Waals surface area contributed by atoms with Crippen LogP contribution in [0.15, 0.2) is 18.3 Å². The molecule has 3 N–H and O–H groups in total. The summed E-state index contributed by atoms with van der Waals surface area (Å²) in [6, 6.07) is 2.83. The highest BCUT2D eigenvalue weighted by Gasteiger charge is 2.13. The van der Waals surface area contributed by atoms with E-state index in [1.54, 1.807) is 12.1 Å². The number of nitrogens with one attached hydrogen (secondary N) is 2. The highest BCUT2D eigenvalue weighted by atomic mass is 16.5. The Bertz CT molecular complexity index is 463. The normalized spacial score (nSPS) is 11.5. The number of anilines is 1. The molecular weight excluding hydrogens is 278 g/mol. The molecule has 0 fully saturated rings. The molecule has 1 rings (SSSR count). The van der Waals surface area contributed by atoms with Crippen molar-refractivity contribution in [3.8, 4) is 5.88 Å². The van der Waals surface area contributed by atoms with E-state index in [4.69, 9.17) is 14.6 Å². The Morgan fingerprint density at radius 1 is 1.43 bits per heavy atom. The number of nitrogens with zero attached hydrogens (tertiary/aromatic N) is 1. The molecule has 1 unspecified atom stereocenters. The number of rotatable bonds is 8. The number of aromatic nitrogens is 1. The zero-order valence-corrected chi connectivity index (χ0v) is 12.0.